The van der Waals surface area contributed by atoms with Crippen LogP contribution < -0.4 is 0 Å². The smallest absolute Gasteiger partial charge is 0.306 e. The Morgan fingerprint density at radius 1 is 1.47 bits per heavy atom. The van der Waals surface area contributed by atoms with Crippen LogP contribution >= 0.6 is 15.9 Å². The largest absolute Gasteiger partial charge is 0.481 e. The predicted molar refractivity (Wildman–Crippen MR) is 69.9 cm³/mol. The van der Waals surface area contributed by atoms with Crippen molar-refractivity contribution in [1.29, 1.82) is 0 Å². The van der Waals surface area contributed by atoms with E-state index in [1.165, 1.54) is 0 Å². The second-order valence-corrected chi connectivity index (χ2v) is 4.90. The van der Waals surface area contributed by atoms with Crippen molar-refractivity contribution in [3.8, 4) is 0 Å². The SMILES string of the molecule is CC(Cc1ccc(Br)c2cccnc12)C(=O)O. The third kappa shape index (κ3) is 2.47. The summed E-state index contributed by atoms with van der Waals surface area (Å²) in [5.41, 5.74) is 1.84. The lowest BCUT2D eigenvalue weighted by Gasteiger charge is -2.09. The fourth-order valence-corrected chi connectivity index (χ4v) is 2.23. The van der Waals surface area contributed by atoms with Crippen LogP contribution in [-0.4, -0.2) is 16.1 Å². The van der Waals surface area contributed by atoms with Crippen LogP contribution in [0.2, 0.25) is 0 Å². The molecule has 0 bridgehead atoms. The molecule has 0 aliphatic rings. The van der Waals surface area contributed by atoms with Crippen LogP contribution in [0.25, 0.3) is 10.9 Å². The molecule has 0 saturated carbocycles. The second kappa shape index (κ2) is 4.84. The summed E-state index contributed by atoms with van der Waals surface area (Å²) >= 11 is 3.47. The molecule has 0 aliphatic carbocycles. The first-order valence-electron chi connectivity index (χ1n) is 5.34. The van der Waals surface area contributed by atoms with Crippen LogP contribution in [0.5, 0.6) is 0 Å². The highest BCUT2D eigenvalue weighted by atomic mass is 79.9. The van der Waals surface area contributed by atoms with E-state index in [1.807, 2.05) is 24.3 Å². The van der Waals surface area contributed by atoms with Gasteiger partial charge in [0.15, 0.2) is 0 Å². The lowest BCUT2D eigenvalue weighted by Crippen LogP contribution is -2.12. The lowest BCUT2D eigenvalue weighted by molar-refractivity contribution is -0.141. The van der Waals surface area contributed by atoms with Gasteiger partial charge in [-0.05, 0) is 24.1 Å². The van der Waals surface area contributed by atoms with E-state index in [0.29, 0.717) is 6.42 Å². The molecule has 1 heterocycles. The first-order valence-corrected chi connectivity index (χ1v) is 6.14. The molecule has 2 rings (SSSR count). The van der Waals surface area contributed by atoms with E-state index in [9.17, 15) is 4.79 Å². The fourth-order valence-electron chi connectivity index (χ4n) is 1.78. The summed E-state index contributed by atoms with van der Waals surface area (Å²) in [6.45, 7) is 1.71. The molecule has 0 fully saturated rings. The van der Waals surface area contributed by atoms with E-state index in [0.717, 1.165) is 20.9 Å². The number of carboxylic acids is 1. The van der Waals surface area contributed by atoms with Gasteiger partial charge in [0.05, 0.1) is 11.4 Å². The zero-order chi connectivity index (χ0) is 12.4. The molecule has 0 saturated heterocycles. The second-order valence-electron chi connectivity index (χ2n) is 4.05. The van der Waals surface area contributed by atoms with Gasteiger partial charge in [-0.25, -0.2) is 0 Å². The highest BCUT2D eigenvalue weighted by Gasteiger charge is 2.14. The van der Waals surface area contributed by atoms with Gasteiger partial charge in [0.1, 0.15) is 0 Å². The number of benzene rings is 1. The van der Waals surface area contributed by atoms with Crippen LogP contribution in [-0.2, 0) is 11.2 Å². The van der Waals surface area contributed by atoms with Crippen LogP contribution in [0.15, 0.2) is 34.9 Å². The van der Waals surface area contributed by atoms with Crippen molar-refractivity contribution < 1.29 is 9.90 Å². The summed E-state index contributed by atoms with van der Waals surface area (Å²) in [7, 11) is 0. The van der Waals surface area contributed by atoms with E-state index in [1.54, 1.807) is 13.1 Å². The van der Waals surface area contributed by atoms with Gasteiger partial charge >= 0.3 is 5.97 Å². The first kappa shape index (κ1) is 12.0. The van der Waals surface area contributed by atoms with E-state index in [-0.39, 0.29) is 0 Å². The molecule has 1 atom stereocenters. The summed E-state index contributed by atoms with van der Waals surface area (Å²) in [6.07, 6.45) is 2.22. The zero-order valence-corrected chi connectivity index (χ0v) is 10.9. The summed E-state index contributed by atoms with van der Waals surface area (Å²) in [4.78, 5) is 15.2. The summed E-state index contributed by atoms with van der Waals surface area (Å²) in [5.74, 6) is -1.18. The number of carboxylic acid groups (broad SMARTS) is 1. The molecule has 0 radical (unpaired) electrons. The number of aromatic nitrogens is 1. The van der Waals surface area contributed by atoms with Crippen LogP contribution in [0.4, 0.5) is 0 Å². The van der Waals surface area contributed by atoms with Crippen molar-refractivity contribution >= 4 is 32.8 Å². The monoisotopic (exact) mass is 293 g/mol. The Balaban J connectivity index is 2.48. The van der Waals surface area contributed by atoms with Crippen molar-refractivity contribution in [3.63, 3.8) is 0 Å². The quantitative estimate of drug-likeness (QED) is 0.945. The third-order valence-electron chi connectivity index (χ3n) is 2.75. The predicted octanol–water partition coefficient (Wildman–Crippen LogP) is 3.26. The van der Waals surface area contributed by atoms with Crippen molar-refractivity contribution in [2.45, 2.75) is 13.3 Å². The van der Waals surface area contributed by atoms with Gasteiger partial charge in [-0.1, -0.05) is 35.0 Å². The minimum atomic E-state index is -0.781. The topological polar surface area (TPSA) is 50.2 Å². The van der Waals surface area contributed by atoms with Gasteiger partial charge in [0, 0.05) is 16.1 Å². The van der Waals surface area contributed by atoms with Gasteiger partial charge in [-0.3, -0.25) is 9.78 Å². The molecule has 0 amide bonds. The first-order chi connectivity index (χ1) is 8.09. The molecule has 1 aromatic heterocycles. The zero-order valence-electron chi connectivity index (χ0n) is 9.35. The van der Waals surface area contributed by atoms with Gasteiger partial charge in [0.25, 0.3) is 0 Å². The fraction of sp³-hybridized carbons (Fsp3) is 0.231. The standard InChI is InChI=1S/C13H12BrNO2/c1-8(13(16)17)7-9-4-5-11(14)10-3-2-6-15-12(9)10/h2-6,8H,7H2,1H3,(H,16,17). The van der Waals surface area contributed by atoms with Crippen LogP contribution in [0.3, 0.4) is 0 Å². The average molecular weight is 294 g/mol. The Morgan fingerprint density at radius 3 is 2.94 bits per heavy atom. The van der Waals surface area contributed by atoms with Crippen molar-refractivity contribution in [3.05, 3.63) is 40.5 Å². The summed E-state index contributed by atoms with van der Waals surface area (Å²) in [6, 6.07) is 7.71. The molecular formula is C13H12BrNO2. The number of pyridine rings is 1. The normalized spacial score (nSPS) is 12.6. The Bertz CT molecular complexity index is 568. The van der Waals surface area contributed by atoms with Gasteiger partial charge in [-0.15, -0.1) is 0 Å². The molecule has 1 aromatic carbocycles. The minimum absolute atomic E-state index is 0.401. The Labute approximate surface area is 108 Å². The Kier molecular flexibility index (Phi) is 3.43. The average Bonchev–Trinajstić information content (AvgIpc) is 2.33. The van der Waals surface area contributed by atoms with Gasteiger partial charge < -0.3 is 5.11 Å². The molecule has 3 nitrogen and oxygen atoms in total. The Hall–Kier alpha value is -1.42. The number of halogens is 1. The number of hydrogen-bond donors (Lipinski definition) is 1. The third-order valence-corrected chi connectivity index (χ3v) is 3.44. The van der Waals surface area contributed by atoms with E-state index >= 15 is 0 Å². The molecule has 4 heteroatoms. The number of carbonyl (C=O) groups is 1. The van der Waals surface area contributed by atoms with E-state index in [2.05, 4.69) is 20.9 Å². The molecule has 1 N–H and O–H groups in total. The van der Waals surface area contributed by atoms with Gasteiger partial charge in [-0.2, -0.15) is 0 Å². The molecular weight excluding hydrogens is 282 g/mol. The Morgan fingerprint density at radius 2 is 2.24 bits per heavy atom. The number of fused-ring (bicyclic) bond motifs is 1. The molecule has 0 spiro atoms. The molecule has 0 aliphatic heterocycles. The summed E-state index contributed by atoms with van der Waals surface area (Å²) < 4.78 is 0.979. The molecule has 88 valence electrons. The summed E-state index contributed by atoms with van der Waals surface area (Å²) in [5, 5.41) is 9.96. The number of aliphatic carboxylic acids is 1. The highest BCUT2D eigenvalue weighted by molar-refractivity contribution is 9.10. The van der Waals surface area contributed by atoms with Crippen molar-refractivity contribution in [1.82, 2.24) is 4.98 Å². The molecule has 2 aromatic rings. The highest BCUT2D eigenvalue weighted by Crippen LogP contribution is 2.26. The maximum absolute atomic E-state index is 10.9. The molecule has 17 heavy (non-hydrogen) atoms. The van der Waals surface area contributed by atoms with E-state index < -0.39 is 11.9 Å². The number of nitrogens with zero attached hydrogens (tertiary/aromatic N) is 1. The maximum atomic E-state index is 10.9. The number of rotatable bonds is 3. The van der Waals surface area contributed by atoms with E-state index in [4.69, 9.17) is 5.11 Å². The lowest BCUT2D eigenvalue weighted by atomic mass is 9.99. The van der Waals surface area contributed by atoms with Crippen LogP contribution in [0, 0.1) is 5.92 Å². The maximum Gasteiger partial charge on any atom is 0.306 e. The van der Waals surface area contributed by atoms with Crippen molar-refractivity contribution in [2.75, 3.05) is 0 Å². The number of hydrogen-bond acceptors (Lipinski definition) is 2. The van der Waals surface area contributed by atoms with Gasteiger partial charge in [0.2, 0.25) is 0 Å². The minimum Gasteiger partial charge on any atom is -0.481 e. The van der Waals surface area contributed by atoms with Crippen LogP contribution in [0.1, 0.15) is 12.5 Å². The van der Waals surface area contributed by atoms with Crippen molar-refractivity contribution in [2.24, 2.45) is 5.92 Å². The molecule has 1 unspecified atom stereocenters.